The van der Waals surface area contributed by atoms with Gasteiger partial charge in [-0.2, -0.15) is 0 Å². The van der Waals surface area contributed by atoms with Crippen molar-refractivity contribution < 1.29 is 28.7 Å². The molecule has 0 aromatic carbocycles. The highest BCUT2D eigenvalue weighted by Crippen LogP contribution is 2.06. The molecule has 0 aliphatic rings. The third kappa shape index (κ3) is 8.41. The Labute approximate surface area is 135 Å². The number of rotatable bonds is 8. The van der Waals surface area contributed by atoms with Gasteiger partial charge in [-0.1, -0.05) is 27.7 Å². The van der Waals surface area contributed by atoms with E-state index in [4.69, 9.17) is 11.5 Å². The molecule has 0 unspecified atom stereocenters. The van der Waals surface area contributed by atoms with Crippen molar-refractivity contribution in [3.8, 4) is 0 Å². The lowest BCUT2D eigenvalue weighted by Gasteiger charge is -2.13. The Morgan fingerprint density at radius 3 is 1.30 bits per heavy atom. The van der Waals surface area contributed by atoms with E-state index in [9.17, 15) is 19.2 Å². The maximum absolute atomic E-state index is 11.5. The van der Waals surface area contributed by atoms with Crippen LogP contribution >= 0.6 is 0 Å². The van der Waals surface area contributed by atoms with Gasteiger partial charge in [0.05, 0.1) is 0 Å². The number of esters is 4. The van der Waals surface area contributed by atoms with E-state index in [1.165, 1.54) is 0 Å². The topological polar surface area (TPSA) is 139 Å². The first-order valence-electron chi connectivity index (χ1n) is 7.56. The monoisotopic (exact) mass is 330 g/mol. The third-order valence-corrected chi connectivity index (χ3v) is 3.17. The average Bonchev–Trinajstić information content (AvgIpc) is 2.44. The molecule has 0 aliphatic heterocycles. The van der Waals surface area contributed by atoms with Crippen LogP contribution in [-0.4, -0.2) is 36.0 Å². The Bertz CT molecular complexity index is 407. The van der Waals surface area contributed by atoms with Crippen LogP contribution in [0, 0.1) is 11.8 Å². The van der Waals surface area contributed by atoms with Gasteiger partial charge in [0.1, 0.15) is 12.1 Å². The van der Waals surface area contributed by atoms with E-state index in [-0.39, 0.29) is 31.1 Å². The van der Waals surface area contributed by atoms with E-state index >= 15 is 0 Å². The van der Waals surface area contributed by atoms with Gasteiger partial charge in [0.25, 0.3) is 0 Å². The summed E-state index contributed by atoms with van der Waals surface area (Å²) in [5.41, 5.74) is 11.1. The molecular formula is C15H26N2O6. The molecule has 0 spiro atoms. The minimum atomic E-state index is -0.876. The molecule has 0 amide bonds. The van der Waals surface area contributed by atoms with Crippen molar-refractivity contribution in [2.75, 3.05) is 0 Å². The molecule has 0 aromatic rings. The molecule has 23 heavy (non-hydrogen) atoms. The zero-order valence-electron chi connectivity index (χ0n) is 14.0. The van der Waals surface area contributed by atoms with Gasteiger partial charge in [-0.05, 0) is 18.3 Å². The molecule has 0 saturated heterocycles. The first kappa shape index (κ1) is 21.2. The first-order valence-corrected chi connectivity index (χ1v) is 7.56. The van der Waals surface area contributed by atoms with E-state index < -0.39 is 36.0 Å². The number of nitrogens with two attached hydrogens (primary N) is 2. The van der Waals surface area contributed by atoms with Crippen LogP contribution in [-0.2, 0) is 28.7 Å². The Kier molecular flexibility index (Phi) is 9.28. The lowest BCUT2D eigenvalue weighted by atomic mass is 10.1. The lowest BCUT2D eigenvalue weighted by molar-refractivity contribution is -0.161. The van der Waals surface area contributed by atoms with Crippen molar-refractivity contribution >= 4 is 23.9 Å². The zero-order chi connectivity index (χ0) is 18.2. The Morgan fingerprint density at radius 2 is 1.04 bits per heavy atom. The fraction of sp³-hybridized carbons (Fsp3) is 0.733. The van der Waals surface area contributed by atoms with E-state index in [0.29, 0.717) is 0 Å². The van der Waals surface area contributed by atoms with Crippen LogP contribution in [0.1, 0.15) is 47.0 Å². The quantitative estimate of drug-likeness (QED) is 0.477. The Balaban J connectivity index is 4.07. The molecule has 0 aliphatic carbocycles. The van der Waals surface area contributed by atoms with Crippen LogP contribution in [0.15, 0.2) is 0 Å². The highest BCUT2D eigenvalue weighted by atomic mass is 16.6. The van der Waals surface area contributed by atoms with Gasteiger partial charge < -0.3 is 20.9 Å². The second-order valence-electron chi connectivity index (χ2n) is 5.98. The van der Waals surface area contributed by atoms with E-state index in [1.807, 2.05) is 0 Å². The van der Waals surface area contributed by atoms with Crippen LogP contribution in [0.3, 0.4) is 0 Å². The summed E-state index contributed by atoms with van der Waals surface area (Å²) in [6.45, 7) is 6.91. The summed E-state index contributed by atoms with van der Waals surface area (Å²) >= 11 is 0. The van der Waals surface area contributed by atoms with Gasteiger partial charge >= 0.3 is 23.9 Å². The maximum atomic E-state index is 11.5. The summed E-state index contributed by atoms with van der Waals surface area (Å²) in [4.78, 5) is 45.8. The van der Waals surface area contributed by atoms with Crippen molar-refractivity contribution in [3.05, 3.63) is 0 Å². The predicted octanol–water partition coefficient (Wildman–Crippen LogP) is 0.263. The van der Waals surface area contributed by atoms with Crippen molar-refractivity contribution in [1.82, 2.24) is 0 Å². The van der Waals surface area contributed by atoms with Crippen molar-refractivity contribution in [1.29, 1.82) is 0 Å². The average molecular weight is 330 g/mol. The second-order valence-corrected chi connectivity index (χ2v) is 5.98. The number of hydrogen-bond acceptors (Lipinski definition) is 8. The van der Waals surface area contributed by atoms with Gasteiger partial charge in [0, 0.05) is 12.8 Å². The predicted molar refractivity (Wildman–Crippen MR) is 81.7 cm³/mol. The van der Waals surface area contributed by atoms with Gasteiger partial charge in [-0.3, -0.25) is 9.59 Å². The summed E-state index contributed by atoms with van der Waals surface area (Å²) in [6, 6.07) is -1.75. The Hall–Kier alpha value is -1.80. The molecule has 0 radical (unpaired) electrons. The van der Waals surface area contributed by atoms with E-state index in [0.717, 1.165) is 0 Å². The summed E-state index contributed by atoms with van der Waals surface area (Å²) in [7, 11) is 0. The number of ether oxygens (including phenoxy) is 2. The molecule has 8 heteroatoms. The normalized spacial score (nSPS) is 13.6. The first-order chi connectivity index (χ1) is 10.6. The summed E-state index contributed by atoms with van der Waals surface area (Å²) in [5, 5.41) is 0. The molecule has 0 bridgehead atoms. The van der Waals surface area contributed by atoms with Crippen LogP contribution in [0.5, 0.6) is 0 Å². The second kappa shape index (κ2) is 10.1. The fourth-order valence-corrected chi connectivity index (χ4v) is 1.38. The number of carbonyl (C=O) groups is 4. The van der Waals surface area contributed by atoms with Gasteiger partial charge in [-0.25, -0.2) is 9.59 Å². The largest absolute Gasteiger partial charge is 0.392 e. The highest BCUT2D eigenvalue weighted by Gasteiger charge is 2.23. The molecule has 2 atom stereocenters. The van der Waals surface area contributed by atoms with Gasteiger partial charge in [0.2, 0.25) is 0 Å². The standard InChI is InChI=1S/C15H26N2O6/c1-8(2)12(16)14(20)22-10(18)6-5-7-11(19)23-15(21)13(17)9(3)4/h8-9,12-13H,5-7,16-17H2,1-4H3/t12-,13-/m0/s1. The highest BCUT2D eigenvalue weighted by molar-refractivity contribution is 5.90. The van der Waals surface area contributed by atoms with E-state index in [2.05, 4.69) is 9.47 Å². The molecule has 0 rings (SSSR count). The Morgan fingerprint density at radius 1 is 0.739 bits per heavy atom. The van der Waals surface area contributed by atoms with Gasteiger partial charge in [0.15, 0.2) is 0 Å². The van der Waals surface area contributed by atoms with Crippen molar-refractivity contribution in [3.63, 3.8) is 0 Å². The van der Waals surface area contributed by atoms with Crippen LogP contribution in [0.4, 0.5) is 0 Å². The summed E-state index contributed by atoms with van der Waals surface area (Å²) in [5.74, 6) is -3.45. The van der Waals surface area contributed by atoms with Gasteiger partial charge in [-0.15, -0.1) is 0 Å². The van der Waals surface area contributed by atoms with Crippen LogP contribution in [0.2, 0.25) is 0 Å². The minimum absolute atomic E-state index is 0.0893. The molecule has 0 heterocycles. The molecule has 0 aromatic heterocycles. The van der Waals surface area contributed by atoms with Crippen LogP contribution < -0.4 is 11.5 Å². The fourth-order valence-electron chi connectivity index (χ4n) is 1.38. The van der Waals surface area contributed by atoms with E-state index in [1.54, 1.807) is 27.7 Å². The van der Waals surface area contributed by atoms with Crippen molar-refractivity contribution in [2.45, 2.75) is 59.0 Å². The summed E-state index contributed by atoms with van der Waals surface area (Å²) < 4.78 is 9.13. The summed E-state index contributed by atoms with van der Waals surface area (Å²) in [6.07, 6.45) is -0.224. The third-order valence-electron chi connectivity index (χ3n) is 3.17. The molecular weight excluding hydrogens is 304 g/mol. The van der Waals surface area contributed by atoms with Crippen LogP contribution in [0.25, 0.3) is 0 Å². The lowest BCUT2D eigenvalue weighted by Crippen LogP contribution is -2.38. The minimum Gasteiger partial charge on any atom is -0.392 e. The zero-order valence-corrected chi connectivity index (χ0v) is 14.0. The SMILES string of the molecule is CC(C)[C@H](N)C(=O)OC(=O)CCCC(=O)OC(=O)[C@@H](N)C(C)C. The molecule has 0 saturated carbocycles. The molecule has 4 N–H and O–H groups in total. The molecule has 0 fully saturated rings. The molecule has 132 valence electrons. The number of hydrogen-bond donors (Lipinski definition) is 2. The smallest absolute Gasteiger partial charge is 0.330 e. The maximum Gasteiger partial charge on any atom is 0.330 e. The molecule has 8 nitrogen and oxygen atoms in total. The number of carbonyl (C=O) groups excluding carboxylic acids is 4. The van der Waals surface area contributed by atoms with Crippen molar-refractivity contribution in [2.24, 2.45) is 23.3 Å².